The van der Waals surface area contributed by atoms with Crippen LogP contribution in [0.25, 0.3) is 10.9 Å². The molecule has 9 heteroatoms. The molecule has 0 saturated carbocycles. The summed E-state index contributed by atoms with van der Waals surface area (Å²) in [7, 11) is 0. The van der Waals surface area contributed by atoms with E-state index in [9.17, 15) is 14.4 Å². The number of nitrogens with one attached hydrogen (secondary N) is 2. The molecular weight excluding hydrogens is 497 g/mol. The Bertz CT molecular complexity index is 1480. The Morgan fingerprint density at radius 3 is 2.41 bits per heavy atom. The predicted octanol–water partition coefficient (Wildman–Crippen LogP) is 5.95. The molecule has 198 valence electrons. The van der Waals surface area contributed by atoms with Crippen molar-refractivity contribution in [2.45, 2.75) is 12.8 Å². The van der Waals surface area contributed by atoms with Gasteiger partial charge in [-0.25, -0.2) is 9.18 Å². The summed E-state index contributed by atoms with van der Waals surface area (Å²) in [6, 6.07) is 19.9. The smallest absolute Gasteiger partial charge is 0.323 e. The number of nitriles is 1. The van der Waals surface area contributed by atoms with Crippen LogP contribution in [0.2, 0.25) is 0 Å². The lowest BCUT2D eigenvalue weighted by Gasteiger charge is -2.26. The molecule has 1 aliphatic rings. The Balaban J connectivity index is 1.24. The number of benzene rings is 3. The first-order valence-corrected chi connectivity index (χ1v) is 12.8. The number of nitrogens with zero attached hydrogens (tertiary/aromatic N) is 3. The largest absolute Gasteiger partial charge is 0.457 e. The van der Waals surface area contributed by atoms with Gasteiger partial charge in [0.25, 0.3) is 0 Å². The van der Waals surface area contributed by atoms with Crippen molar-refractivity contribution in [3.63, 3.8) is 0 Å². The molecule has 0 bridgehead atoms. The molecule has 1 saturated heterocycles. The fraction of sp³-hybridized carbons (Fsp3) is 0.233. The number of ether oxygens (including phenoxy) is 2. The molecule has 4 aromatic rings. The average molecular weight is 526 g/mol. The van der Waals surface area contributed by atoms with E-state index >= 15 is 0 Å². The van der Waals surface area contributed by atoms with E-state index < -0.39 is 6.03 Å². The number of rotatable bonds is 8. The minimum Gasteiger partial charge on any atom is -0.457 e. The topological polar surface area (TPSA) is 99.5 Å². The molecule has 0 spiro atoms. The number of hydrogen-bond donors (Lipinski definition) is 2. The van der Waals surface area contributed by atoms with Crippen molar-refractivity contribution in [2.24, 2.45) is 0 Å². The molecule has 0 atom stereocenters. The van der Waals surface area contributed by atoms with Gasteiger partial charge in [0, 0.05) is 36.0 Å². The number of anilines is 2. The number of urea groups is 1. The first-order valence-electron chi connectivity index (χ1n) is 12.8. The second-order valence-corrected chi connectivity index (χ2v) is 9.22. The first kappa shape index (κ1) is 26.1. The zero-order valence-electron chi connectivity index (χ0n) is 21.3. The molecule has 3 aromatic carbocycles. The van der Waals surface area contributed by atoms with Gasteiger partial charge in [0.05, 0.1) is 30.4 Å². The second kappa shape index (κ2) is 12.3. The molecule has 0 aliphatic carbocycles. The number of fused-ring (bicyclic) bond motifs is 1. The summed E-state index contributed by atoms with van der Waals surface area (Å²) in [6.45, 7) is 4.43. The highest BCUT2D eigenvalue weighted by molar-refractivity contribution is 5.99. The molecule has 2 amide bonds. The van der Waals surface area contributed by atoms with Crippen LogP contribution in [-0.4, -0.2) is 48.8 Å². The minimum atomic E-state index is -0.444. The lowest BCUT2D eigenvalue weighted by molar-refractivity contribution is 0.0374. The number of morpholine rings is 1. The van der Waals surface area contributed by atoms with Crippen LogP contribution in [0.1, 0.15) is 17.5 Å². The third kappa shape index (κ3) is 6.87. The van der Waals surface area contributed by atoms with E-state index in [1.807, 2.05) is 12.1 Å². The molecule has 0 unspecified atom stereocenters. The van der Waals surface area contributed by atoms with Gasteiger partial charge in [-0.1, -0.05) is 0 Å². The number of pyridine rings is 1. The average Bonchev–Trinajstić information content (AvgIpc) is 2.96. The molecule has 1 aliphatic heterocycles. The van der Waals surface area contributed by atoms with Gasteiger partial charge < -0.3 is 20.1 Å². The van der Waals surface area contributed by atoms with Crippen molar-refractivity contribution < 1.29 is 18.7 Å². The fourth-order valence-corrected chi connectivity index (χ4v) is 4.49. The van der Waals surface area contributed by atoms with Gasteiger partial charge in [0.1, 0.15) is 17.3 Å². The fourth-order valence-electron chi connectivity index (χ4n) is 4.49. The van der Waals surface area contributed by atoms with E-state index in [2.05, 4.69) is 26.6 Å². The lowest BCUT2D eigenvalue weighted by atomic mass is 10.00. The molecule has 8 nitrogen and oxygen atoms in total. The third-order valence-corrected chi connectivity index (χ3v) is 6.51. The van der Waals surface area contributed by atoms with Gasteiger partial charge in [-0.15, -0.1) is 0 Å². The quantitative estimate of drug-likeness (QED) is 0.295. The predicted molar refractivity (Wildman–Crippen MR) is 148 cm³/mol. The van der Waals surface area contributed by atoms with Crippen molar-refractivity contribution in [1.82, 2.24) is 9.88 Å². The molecule has 1 fully saturated rings. The highest BCUT2D eigenvalue weighted by atomic mass is 19.1. The molecule has 1 aromatic heterocycles. The van der Waals surface area contributed by atoms with E-state index in [0.29, 0.717) is 28.4 Å². The number of carbonyl (C=O) groups is 1. The van der Waals surface area contributed by atoms with Crippen molar-refractivity contribution in [3.8, 4) is 17.6 Å². The highest BCUT2D eigenvalue weighted by Gasteiger charge is 2.13. The van der Waals surface area contributed by atoms with Crippen LogP contribution in [0.3, 0.4) is 0 Å². The van der Waals surface area contributed by atoms with E-state index in [1.54, 1.807) is 36.5 Å². The molecule has 2 heterocycles. The molecular formula is C30H28FN5O3. The summed E-state index contributed by atoms with van der Waals surface area (Å²) in [5.41, 5.74) is 3.42. The summed E-state index contributed by atoms with van der Waals surface area (Å²) >= 11 is 0. The number of aryl methyl sites for hydroxylation is 1. The Hall–Kier alpha value is -4.52. The first-order chi connectivity index (χ1) is 19.1. The number of halogens is 1. The second-order valence-electron chi connectivity index (χ2n) is 9.22. The van der Waals surface area contributed by atoms with Crippen LogP contribution in [0.4, 0.5) is 20.6 Å². The van der Waals surface area contributed by atoms with Crippen LogP contribution < -0.4 is 15.4 Å². The summed E-state index contributed by atoms with van der Waals surface area (Å²) in [6.07, 6.45) is 3.45. The number of amides is 2. The van der Waals surface area contributed by atoms with Crippen molar-refractivity contribution >= 4 is 28.3 Å². The number of aromatic nitrogens is 1. The Kier molecular flexibility index (Phi) is 8.26. The summed E-state index contributed by atoms with van der Waals surface area (Å²) < 4.78 is 24.6. The SMILES string of the molecule is N#Cc1cc2c(Oc3ccc(NC(=O)Nc4ccc(F)cc4)cc3)ccnc2cc1CCCN1CCOCC1. The standard InChI is InChI=1S/C30H28FN5O3/c31-23-3-5-24(6-4-23)34-30(37)35-25-7-9-26(10-8-25)39-29-11-12-33-28-19-21(22(20-32)18-27(28)29)2-1-13-36-14-16-38-17-15-36/h3-12,18-19H,1-2,13-17H2,(H2,34,35,37). The number of hydrogen-bond acceptors (Lipinski definition) is 6. The third-order valence-electron chi connectivity index (χ3n) is 6.51. The van der Waals surface area contributed by atoms with Gasteiger partial charge >= 0.3 is 6.03 Å². The van der Waals surface area contributed by atoms with Crippen LogP contribution in [-0.2, 0) is 11.2 Å². The van der Waals surface area contributed by atoms with Crippen LogP contribution in [0.15, 0.2) is 72.9 Å². The van der Waals surface area contributed by atoms with Crippen molar-refractivity contribution in [2.75, 3.05) is 43.5 Å². The van der Waals surface area contributed by atoms with Gasteiger partial charge in [-0.3, -0.25) is 9.88 Å². The van der Waals surface area contributed by atoms with E-state index in [4.69, 9.17) is 9.47 Å². The maximum absolute atomic E-state index is 13.0. The van der Waals surface area contributed by atoms with Crippen LogP contribution >= 0.6 is 0 Å². The van der Waals surface area contributed by atoms with Gasteiger partial charge in [-0.2, -0.15) is 5.26 Å². The molecule has 2 N–H and O–H groups in total. The zero-order chi connectivity index (χ0) is 27.0. The summed E-state index contributed by atoms with van der Waals surface area (Å²) in [5.74, 6) is 0.786. The zero-order valence-corrected chi connectivity index (χ0v) is 21.3. The molecule has 39 heavy (non-hydrogen) atoms. The van der Waals surface area contributed by atoms with Crippen LogP contribution in [0.5, 0.6) is 11.5 Å². The lowest BCUT2D eigenvalue weighted by Crippen LogP contribution is -2.36. The Labute approximate surface area is 226 Å². The van der Waals surface area contributed by atoms with E-state index in [0.717, 1.165) is 62.2 Å². The monoisotopic (exact) mass is 525 g/mol. The van der Waals surface area contributed by atoms with Gasteiger partial charge in [0.2, 0.25) is 0 Å². The summed E-state index contributed by atoms with van der Waals surface area (Å²) in [4.78, 5) is 19.1. The highest BCUT2D eigenvalue weighted by Crippen LogP contribution is 2.31. The summed E-state index contributed by atoms with van der Waals surface area (Å²) in [5, 5.41) is 16.0. The van der Waals surface area contributed by atoms with E-state index in [-0.39, 0.29) is 5.82 Å². The van der Waals surface area contributed by atoms with Crippen LogP contribution in [0, 0.1) is 17.1 Å². The Morgan fingerprint density at radius 2 is 1.72 bits per heavy atom. The van der Waals surface area contributed by atoms with Gasteiger partial charge in [0.15, 0.2) is 0 Å². The Morgan fingerprint density at radius 1 is 1.03 bits per heavy atom. The van der Waals surface area contributed by atoms with Crippen molar-refractivity contribution in [3.05, 3.63) is 89.9 Å². The number of carbonyl (C=O) groups excluding carboxylic acids is 1. The van der Waals surface area contributed by atoms with Crippen molar-refractivity contribution in [1.29, 1.82) is 5.26 Å². The van der Waals surface area contributed by atoms with E-state index in [1.165, 1.54) is 24.3 Å². The maximum Gasteiger partial charge on any atom is 0.323 e. The van der Waals surface area contributed by atoms with Gasteiger partial charge in [-0.05, 0) is 91.7 Å². The maximum atomic E-state index is 13.0. The molecule has 0 radical (unpaired) electrons. The normalized spacial score (nSPS) is 13.5. The molecule has 5 rings (SSSR count). The minimum absolute atomic E-state index is 0.373.